The lowest BCUT2D eigenvalue weighted by molar-refractivity contribution is 0.0171. The number of ether oxygens (including phenoxy) is 3. The van der Waals surface area contributed by atoms with Crippen LogP contribution in [0.15, 0.2) is 29.3 Å². The van der Waals surface area contributed by atoms with Gasteiger partial charge in [-0.05, 0) is 44.2 Å². The molecule has 2 rings (SSSR count). The molecular formula is C20H33N3O3. The van der Waals surface area contributed by atoms with Crippen molar-refractivity contribution in [3.8, 4) is 5.75 Å². The molecule has 6 heteroatoms. The first-order valence-electron chi connectivity index (χ1n) is 9.67. The zero-order chi connectivity index (χ0) is 18.5. The molecule has 0 spiro atoms. The van der Waals surface area contributed by atoms with Crippen LogP contribution in [0.25, 0.3) is 0 Å². The number of guanidine groups is 1. The summed E-state index contributed by atoms with van der Waals surface area (Å²) in [5.41, 5.74) is 1.20. The Morgan fingerprint density at radius 3 is 2.96 bits per heavy atom. The van der Waals surface area contributed by atoms with Gasteiger partial charge in [0.25, 0.3) is 0 Å². The quantitative estimate of drug-likeness (QED) is 0.359. The molecule has 1 heterocycles. The molecule has 0 saturated carbocycles. The van der Waals surface area contributed by atoms with Gasteiger partial charge in [-0.3, -0.25) is 4.99 Å². The van der Waals surface area contributed by atoms with Crippen LogP contribution in [0.4, 0.5) is 0 Å². The van der Waals surface area contributed by atoms with Crippen LogP contribution in [-0.4, -0.2) is 58.6 Å². The highest BCUT2D eigenvalue weighted by atomic mass is 16.5. The zero-order valence-corrected chi connectivity index (χ0v) is 16.1. The second-order valence-corrected chi connectivity index (χ2v) is 6.31. The summed E-state index contributed by atoms with van der Waals surface area (Å²) in [6, 6.07) is 8.11. The molecule has 1 aromatic carbocycles. The number of nitrogens with one attached hydrogen (secondary N) is 2. The number of rotatable bonds is 11. The highest BCUT2D eigenvalue weighted by molar-refractivity contribution is 5.79. The van der Waals surface area contributed by atoms with Gasteiger partial charge in [0.2, 0.25) is 0 Å². The average molecular weight is 364 g/mol. The lowest BCUT2D eigenvalue weighted by Crippen LogP contribution is -2.38. The molecule has 1 aliphatic rings. The van der Waals surface area contributed by atoms with Gasteiger partial charge < -0.3 is 24.8 Å². The van der Waals surface area contributed by atoms with E-state index in [1.54, 1.807) is 7.11 Å². The van der Waals surface area contributed by atoms with Crippen LogP contribution < -0.4 is 15.4 Å². The molecule has 1 atom stereocenters. The molecule has 0 bridgehead atoms. The topological polar surface area (TPSA) is 64.1 Å². The van der Waals surface area contributed by atoms with Gasteiger partial charge in [-0.15, -0.1) is 0 Å². The van der Waals surface area contributed by atoms with Gasteiger partial charge in [0.05, 0.1) is 19.8 Å². The summed E-state index contributed by atoms with van der Waals surface area (Å²) >= 11 is 0. The van der Waals surface area contributed by atoms with Crippen molar-refractivity contribution in [2.24, 2.45) is 4.99 Å². The lowest BCUT2D eigenvalue weighted by Gasteiger charge is -2.13. The third-order valence-electron chi connectivity index (χ3n) is 4.27. The van der Waals surface area contributed by atoms with Crippen molar-refractivity contribution in [1.29, 1.82) is 0 Å². The van der Waals surface area contributed by atoms with E-state index in [2.05, 4.69) is 28.6 Å². The Hall–Kier alpha value is -1.79. The number of hydrogen-bond donors (Lipinski definition) is 2. The van der Waals surface area contributed by atoms with Gasteiger partial charge in [-0.25, -0.2) is 0 Å². The Morgan fingerprint density at radius 1 is 1.31 bits per heavy atom. The highest BCUT2D eigenvalue weighted by Gasteiger charge is 2.14. The van der Waals surface area contributed by atoms with Crippen LogP contribution in [0.2, 0.25) is 0 Å². The maximum atomic E-state index is 5.67. The molecule has 1 aromatic rings. The SMILES string of the molecule is CCNC(=NCCCOCC1CCCO1)NCCc1ccccc1OC. The first-order chi connectivity index (χ1) is 12.8. The molecule has 1 saturated heterocycles. The van der Waals surface area contributed by atoms with E-state index in [0.29, 0.717) is 12.7 Å². The summed E-state index contributed by atoms with van der Waals surface area (Å²) in [6.07, 6.45) is 4.38. The second kappa shape index (κ2) is 12.5. The van der Waals surface area contributed by atoms with E-state index in [-0.39, 0.29) is 0 Å². The Balaban J connectivity index is 1.63. The lowest BCUT2D eigenvalue weighted by atomic mass is 10.1. The summed E-state index contributed by atoms with van der Waals surface area (Å²) in [4.78, 5) is 4.61. The molecule has 0 radical (unpaired) electrons. The maximum absolute atomic E-state index is 5.67. The van der Waals surface area contributed by atoms with Crippen LogP contribution in [-0.2, 0) is 15.9 Å². The standard InChI is InChI=1S/C20H33N3O3/c1-3-21-20(22-12-7-14-25-16-18-9-6-15-26-18)23-13-11-17-8-4-5-10-19(17)24-2/h4-5,8,10,18H,3,6-7,9,11-16H2,1-2H3,(H2,21,22,23). The number of aliphatic imine (C=N–C) groups is 1. The number of methoxy groups -OCH3 is 1. The highest BCUT2D eigenvalue weighted by Crippen LogP contribution is 2.17. The number of nitrogens with zero attached hydrogens (tertiary/aromatic N) is 1. The van der Waals surface area contributed by atoms with Crippen LogP contribution in [0, 0.1) is 0 Å². The molecule has 1 aliphatic heterocycles. The van der Waals surface area contributed by atoms with Gasteiger partial charge in [0.15, 0.2) is 5.96 Å². The Labute approximate surface area is 157 Å². The van der Waals surface area contributed by atoms with E-state index in [0.717, 1.165) is 70.2 Å². The molecule has 146 valence electrons. The van der Waals surface area contributed by atoms with Crippen LogP contribution >= 0.6 is 0 Å². The van der Waals surface area contributed by atoms with Crippen LogP contribution in [0.1, 0.15) is 31.7 Å². The average Bonchev–Trinajstić information content (AvgIpc) is 3.18. The minimum Gasteiger partial charge on any atom is -0.496 e. The van der Waals surface area contributed by atoms with Crippen molar-refractivity contribution in [2.45, 2.75) is 38.7 Å². The third-order valence-corrected chi connectivity index (χ3v) is 4.27. The molecule has 0 amide bonds. The zero-order valence-electron chi connectivity index (χ0n) is 16.1. The fourth-order valence-corrected chi connectivity index (χ4v) is 2.91. The molecular weight excluding hydrogens is 330 g/mol. The fourth-order valence-electron chi connectivity index (χ4n) is 2.91. The van der Waals surface area contributed by atoms with Crippen LogP contribution in [0.3, 0.4) is 0 Å². The summed E-state index contributed by atoms with van der Waals surface area (Å²) in [7, 11) is 1.71. The van der Waals surface area contributed by atoms with Crippen molar-refractivity contribution in [3.05, 3.63) is 29.8 Å². The molecule has 0 aromatic heterocycles. The predicted molar refractivity (Wildman–Crippen MR) is 105 cm³/mol. The Bertz CT molecular complexity index is 531. The first-order valence-corrected chi connectivity index (χ1v) is 9.67. The molecule has 2 N–H and O–H groups in total. The minimum atomic E-state index is 0.299. The van der Waals surface area contributed by atoms with Gasteiger partial charge in [0, 0.05) is 32.8 Å². The van der Waals surface area contributed by atoms with E-state index < -0.39 is 0 Å². The second-order valence-electron chi connectivity index (χ2n) is 6.31. The van der Waals surface area contributed by atoms with Gasteiger partial charge in [-0.1, -0.05) is 18.2 Å². The smallest absolute Gasteiger partial charge is 0.191 e. The van der Waals surface area contributed by atoms with Crippen molar-refractivity contribution < 1.29 is 14.2 Å². The van der Waals surface area contributed by atoms with E-state index in [1.807, 2.05) is 18.2 Å². The molecule has 1 unspecified atom stereocenters. The summed E-state index contributed by atoms with van der Waals surface area (Å²) < 4.78 is 16.6. The van der Waals surface area contributed by atoms with Crippen molar-refractivity contribution in [2.75, 3.05) is 46.6 Å². The predicted octanol–water partition coefficient (Wildman–Crippen LogP) is 2.38. The largest absolute Gasteiger partial charge is 0.496 e. The molecule has 6 nitrogen and oxygen atoms in total. The molecule has 0 aliphatic carbocycles. The van der Waals surface area contributed by atoms with Gasteiger partial charge in [-0.2, -0.15) is 0 Å². The summed E-state index contributed by atoms with van der Waals surface area (Å²) in [6.45, 7) is 6.78. The summed E-state index contributed by atoms with van der Waals surface area (Å²) in [5.74, 6) is 1.78. The third kappa shape index (κ3) is 7.62. The van der Waals surface area contributed by atoms with E-state index >= 15 is 0 Å². The number of benzene rings is 1. The first kappa shape index (κ1) is 20.5. The minimum absolute atomic E-state index is 0.299. The fraction of sp³-hybridized carbons (Fsp3) is 0.650. The molecule has 1 fully saturated rings. The number of para-hydroxylation sites is 1. The van der Waals surface area contributed by atoms with Crippen molar-refractivity contribution >= 4 is 5.96 Å². The van der Waals surface area contributed by atoms with Gasteiger partial charge in [0.1, 0.15) is 5.75 Å². The normalized spacial score (nSPS) is 17.3. The van der Waals surface area contributed by atoms with E-state index in [9.17, 15) is 0 Å². The van der Waals surface area contributed by atoms with Crippen LogP contribution in [0.5, 0.6) is 5.75 Å². The summed E-state index contributed by atoms with van der Waals surface area (Å²) in [5, 5.41) is 6.66. The Morgan fingerprint density at radius 2 is 2.19 bits per heavy atom. The monoisotopic (exact) mass is 363 g/mol. The van der Waals surface area contributed by atoms with E-state index in [4.69, 9.17) is 14.2 Å². The number of hydrogen-bond acceptors (Lipinski definition) is 4. The maximum Gasteiger partial charge on any atom is 0.191 e. The van der Waals surface area contributed by atoms with Gasteiger partial charge >= 0.3 is 0 Å². The van der Waals surface area contributed by atoms with Crippen molar-refractivity contribution in [1.82, 2.24) is 10.6 Å². The van der Waals surface area contributed by atoms with E-state index in [1.165, 1.54) is 5.56 Å². The molecule has 26 heavy (non-hydrogen) atoms. The van der Waals surface area contributed by atoms with Crippen molar-refractivity contribution in [3.63, 3.8) is 0 Å². The Kier molecular flexibility index (Phi) is 9.90.